The Balaban J connectivity index is 2.03. The molecule has 7 heteroatoms. The number of nitrogens with zero attached hydrogens (tertiary/aromatic N) is 4. The van der Waals surface area contributed by atoms with Crippen LogP contribution in [0.1, 0.15) is 33.4 Å². The van der Waals surface area contributed by atoms with Gasteiger partial charge in [-0.25, -0.2) is 14.8 Å². The van der Waals surface area contributed by atoms with Gasteiger partial charge in [0.05, 0.1) is 10.2 Å². The molecule has 2 rings (SSSR count). The smallest absolute Gasteiger partial charge is 0.410 e. The van der Waals surface area contributed by atoms with E-state index in [1.807, 2.05) is 34.6 Å². The molecule has 0 aliphatic carbocycles. The van der Waals surface area contributed by atoms with Gasteiger partial charge < -0.3 is 14.5 Å². The fourth-order valence-electron chi connectivity index (χ4n) is 2.32. The number of aromatic nitrogens is 2. The molecular formula is C15H23BrN4O2. The second-order valence-electron chi connectivity index (χ2n) is 6.57. The van der Waals surface area contributed by atoms with Crippen molar-refractivity contribution < 1.29 is 9.53 Å². The van der Waals surface area contributed by atoms with E-state index >= 15 is 0 Å². The molecule has 1 saturated heterocycles. The van der Waals surface area contributed by atoms with Gasteiger partial charge in [-0.1, -0.05) is 0 Å². The molecule has 1 unspecified atom stereocenters. The van der Waals surface area contributed by atoms with Crippen molar-refractivity contribution in [2.75, 3.05) is 24.5 Å². The molecule has 22 heavy (non-hydrogen) atoms. The van der Waals surface area contributed by atoms with Crippen LogP contribution in [0, 0.1) is 6.92 Å². The van der Waals surface area contributed by atoms with E-state index in [1.54, 1.807) is 11.1 Å². The third-order valence-electron chi connectivity index (χ3n) is 3.45. The van der Waals surface area contributed by atoms with E-state index < -0.39 is 5.60 Å². The predicted octanol–water partition coefficient (Wildman–Crippen LogP) is 2.99. The Morgan fingerprint density at radius 3 is 2.64 bits per heavy atom. The first-order chi connectivity index (χ1) is 10.2. The maximum atomic E-state index is 12.2. The zero-order chi connectivity index (χ0) is 16.5. The van der Waals surface area contributed by atoms with Crippen LogP contribution in [0.25, 0.3) is 0 Å². The van der Waals surface area contributed by atoms with E-state index in [0.29, 0.717) is 25.6 Å². The molecule has 1 amide bonds. The van der Waals surface area contributed by atoms with E-state index in [4.69, 9.17) is 4.74 Å². The molecule has 1 aromatic heterocycles. The number of halogens is 1. The second kappa shape index (κ2) is 6.40. The Morgan fingerprint density at radius 2 is 2.09 bits per heavy atom. The van der Waals surface area contributed by atoms with Gasteiger partial charge in [-0.05, 0) is 50.5 Å². The highest BCUT2D eigenvalue weighted by Gasteiger charge is 2.31. The van der Waals surface area contributed by atoms with E-state index in [9.17, 15) is 4.79 Å². The Hall–Kier alpha value is -1.37. The van der Waals surface area contributed by atoms with Crippen molar-refractivity contribution in [3.05, 3.63) is 16.4 Å². The van der Waals surface area contributed by atoms with Gasteiger partial charge in [0.25, 0.3) is 0 Å². The van der Waals surface area contributed by atoms with Gasteiger partial charge in [-0.2, -0.15) is 0 Å². The van der Waals surface area contributed by atoms with Crippen LogP contribution in [0.5, 0.6) is 0 Å². The van der Waals surface area contributed by atoms with Gasteiger partial charge in [0, 0.05) is 31.9 Å². The molecule has 0 saturated carbocycles. The lowest BCUT2D eigenvalue weighted by molar-refractivity contribution is 0.0158. The summed E-state index contributed by atoms with van der Waals surface area (Å²) in [4.78, 5) is 24.9. The summed E-state index contributed by atoms with van der Waals surface area (Å²) >= 11 is 3.41. The van der Waals surface area contributed by atoms with Gasteiger partial charge in [0.2, 0.25) is 5.95 Å². The lowest BCUT2D eigenvalue weighted by Crippen LogP contribution is -2.55. The Kier molecular flexibility index (Phi) is 4.94. The summed E-state index contributed by atoms with van der Waals surface area (Å²) in [5, 5.41) is 0. The Morgan fingerprint density at radius 1 is 1.41 bits per heavy atom. The van der Waals surface area contributed by atoms with Crippen LogP contribution >= 0.6 is 15.9 Å². The first kappa shape index (κ1) is 17.0. The molecular weight excluding hydrogens is 348 g/mol. The highest BCUT2D eigenvalue weighted by molar-refractivity contribution is 9.10. The molecule has 6 nitrogen and oxygen atoms in total. The third-order valence-corrected chi connectivity index (χ3v) is 4.22. The average Bonchev–Trinajstić information content (AvgIpc) is 2.39. The number of hydrogen-bond donors (Lipinski definition) is 0. The van der Waals surface area contributed by atoms with Gasteiger partial charge in [0.15, 0.2) is 0 Å². The first-order valence-electron chi connectivity index (χ1n) is 7.41. The minimum atomic E-state index is -0.472. The molecule has 1 atom stereocenters. The van der Waals surface area contributed by atoms with Crippen LogP contribution in [-0.2, 0) is 4.74 Å². The molecule has 1 aliphatic heterocycles. The van der Waals surface area contributed by atoms with Gasteiger partial charge in [-0.3, -0.25) is 0 Å². The molecule has 1 aromatic rings. The van der Waals surface area contributed by atoms with Gasteiger partial charge >= 0.3 is 6.09 Å². The van der Waals surface area contributed by atoms with Crippen LogP contribution in [0.4, 0.5) is 10.7 Å². The summed E-state index contributed by atoms with van der Waals surface area (Å²) in [5.74, 6) is 0.705. The van der Waals surface area contributed by atoms with Crippen molar-refractivity contribution in [3.8, 4) is 0 Å². The molecule has 0 bridgehead atoms. The number of anilines is 1. The number of carbonyl (C=O) groups is 1. The lowest BCUT2D eigenvalue weighted by Gasteiger charge is -2.40. The van der Waals surface area contributed by atoms with Gasteiger partial charge in [-0.15, -0.1) is 0 Å². The van der Waals surface area contributed by atoms with Crippen molar-refractivity contribution in [3.63, 3.8) is 0 Å². The Bertz CT molecular complexity index is 559. The van der Waals surface area contributed by atoms with Crippen molar-refractivity contribution in [1.82, 2.24) is 14.9 Å². The van der Waals surface area contributed by atoms with Crippen LogP contribution in [-0.4, -0.2) is 52.2 Å². The minimum Gasteiger partial charge on any atom is -0.444 e. The molecule has 0 aromatic carbocycles. The Labute approximate surface area is 140 Å². The fourth-order valence-corrected chi connectivity index (χ4v) is 2.51. The van der Waals surface area contributed by atoms with E-state index in [0.717, 1.165) is 10.2 Å². The topological polar surface area (TPSA) is 58.6 Å². The molecule has 0 N–H and O–H groups in total. The van der Waals surface area contributed by atoms with Crippen LogP contribution < -0.4 is 4.90 Å². The number of hydrogen-bond acceptors (Lipinski definition) is 5. The largest absolute Gasteiger partial charge is 0.444 e. The second-order valence-corrected chi connectivity index (χ2v) is 7.43. The van der Waals surface area contributed by atoms with E-state index in [2.05, 4.69) is 30.8 Å². The van der Waals surface area contributed by atoms with Crippen LogP contribution in [0.3, 0.4) is 0 Å². The summed E-state index contributed by atoms with van der Waals surface area (Å²) in [7, 11) is 0. The van der Waals surface area contributed by atoms with E-state index in [1.165, 1.54) is 0 Å². The first-order valence-corrected chi connectivity index (χ1v) is 8.20. The molecule has 0 spiro atoms. The van der Waals surface area contributed by atoms with Crippen molar-refractivity contribution in [2.24, 2.45) is 0 Å². The number of carbonyl (C=O) groups excluding carboxylic acids is 1. The van der Waals surface area contributed by atoms with Crippen molar-refractivity contribution >= 4 is 28.0 Å². The van der Waals surface area contributed by atoms with Gasteiger partial charge in [0.1, 0.15) is 5.60 Å². The quantitative estimate of drug-likeness (QED) is 0.760. The molecule has 1 aliphatic rings. The summed E-state index contributed by atoms with van der Waals surface area (Å²) in [6.45, 7) is 11.6. The summed E-state index contributed by atoms with van der Waals surface area (Å²) in [5.41, 5.74) is 0.437. The molecule has 122 valence electrons. The number of amides is 1. The summed E-state index contributed by atoms with van der Waals surface area (Å²) in [6, 6.07) is 0.0520. The van der Waals surface area contributed by atoms with Crippen molar-refractivity contribution in [2.45, 2.75) is 46.3 Å². The molecule has 2 heterocycles. The van der Waals surface area contributed by atoms with Crippen molar-refractivity contribution in [1.29, 1.82) is 0 Å². The number of piperazine rings is 1. The molecule has 1 fully saturated rings. The normalized spacial score (nSPS) is 19.3. The highest BCUT2D eigenvalue weighted by Crippen LogP contribution is 2.20. The summed E-state index contributed by atoms with van der Waals surface area (Å²) < 4.78 is 6.35. The SMILES string of the molecule is Cc1nc(N2CCN(C(=O)OC(C)(C)C)C(C)C2)ncc1Br. The average molecular weight is 371 g/mol. The zero-order valence-corrected chi connectivity index (χ0v) is 15.3. The van der Waals surface area contributed by atoms with Crippen LogP contribution in [0.2, 0.25) is 0 Å². The van der Waals surface area contributed by atoms with Crippen LogP contribution in [0.15, 0.2) is 10.7 Å². The fraction of sp³-hybridized carbons (Fsp3) is 0.667. The molecule has 0 radical (unpaired) electrons. The monoisotopic (exact) mass is 370 g/mol. The highest BCUT2D eigenvalue weighted by atomic mass is 79.9. The lowest BCUT2D eigenvalue weighted by atomic mass is 10.2. The number of aryl methyl sites for hydroxylation is 1. The number of rotatable bonds is 1. The standard InChI is InChI=1S/C15H23BrN4O2/c1-10-9-19(13-17-8-12(16)11(2)18-13)6-7-20(10)14(21)22-15(3,4)5/h8,10H,6-7,9H2,1-5H3. The minimum absolute atomic E-state index is 0.0520. The maximum absolute atomic E-state index is 12.2. The number of ether oxygens (including phenoxy) is 1. The maximum Gasteiger partial charge on any atom is 0.410 e. The predicted molar refractivity (Wildman–Crippen MR) is 89.1 cm³/mol. The van der Waals surface area contributed by atoms with E-state index in [-0.39, 0.29) is 12.1 Å². The third kappa shape index (κ3) is 4.09. The zero-order valence-electron chi connectivity index (χ0n) is 13.8. The summed E-state index contributed by atoms with van der Waals surface area (Å²) in [6.07, 6.45) is 1.51.